The van der Waals surface area contributed by atoms with Crippen molar-refractivity contribution in [3.8, 4) is 17.2 Å². The molecule has 2 heterocycles. The standard InChI is InChI=1S/C21H30N4O3S.HI/c1-22-21(24-16-7-9-25(10-8-16)20-6-5-11-29-20)23-14-15-12-18(27-3)19(28-4)13-17(15)26-2;/h5-6,11-13,16H,7-10,14H2,1-4H3,(H2,22,23,24);1H. The van der Waals surface area contributed by atoms with Crippen LogP contribution in [0.25, 0.3) is 0 Å². The number of hydrogen-bond acceptors (Lipinski definition) is 6. The summed E-state index contributed by atoms with van der Waals surface area (Å²) in [5, 5.41) is 10.4. The first-order valence-corrected chi connectivity index (χ1v) is 10.6. The molecular formula is C21H31IN4O3S. The maximum absolute atomic E-state index is 5.51. The summed E-state index contributed by atoms with van der Waals surface area (Å²) in [6.07, 6.45) is 2.16. The second-order valence-corrected chi connectivity index (χ2v) is 7.73. The van der Waals surface area contributed by atoms with Gasteiger partial charge in [-0.05, 0) is 36.4 Å². The van der Waals surface area contributed by atoms with Crippen molar-refractivity contribution in [2.75, 3.05) is 46.4 Å². The average molecular weight is 546 g/mol. The van der Waals surface area contributed by atoms with Crippen molar-refractivity contribution in [1.82, 2.24) is 10.6 Å². The van der Waals surface area contributed by atoms with Crippen molar-refractivity contribution in [3.05, 3.63) is 35.2 Å². The minimum Gasteiger partial charge on any atom is -0.496 e. The van der Waals surface area contributed by atoms with E-state index in [-0.39, 0.29) is 24.0 Å². The Bertz CT molecular complexity index is 809. The van der Waals surface area contributed by atoms with Crippen molar-refractivity contribution in [3.63, 3.8) is 0 Å². The highest BCUT2D eigenvalue weighted by Crippen LogP contribution is 2.34. The molecule has 1 aliphatic heterocycles. The number of nitrogens with zero attached hydrogens (tertiary/aromatic N) is 2. The van der Waals surface area contributed by atoms with Gasteiger partial charge in [-0.25, -0.2) is 0 Å². The first-order chi connectivity index (χ1) is 14.2. The van der Waals surface area contributed by atoms with E-state index in [4.69, 9.17) is 14.2 Å². The summed E-state index contributed by atoms with van der Waals surface area (Å²) >= 11 is 1.80. The van der Waals surface area contributed by atoms with Crippen LogP contribution < -0.4 is 29.7 Å². The number of nitrogens with one attached hydrogen (secondary N) is 2. The van der Waals surface area contributed by atoms with Gasteiger partial charge in [0.2, 0.25) is 0 Å². The summed E-state index contributed by atoms with van der Waals surface area (Å²) < 4.78 is 16.3. The third-order valence-electron chi connectivity index (χ3n) is 5.11. The molecule has 166 valence electrons. The molecule has 0 saturated carbocycles. The molecule has 1 aliphatic rings. The van der Waals surface area contributed by atoms with Crippen LogP contribution in [0.2, 0.25) is 0 Å². The van der Waals surface area contributed by atoms with E-state index in [1.807, 2.05) is 12.1 Å². The van der Waals surface area contributed by atoms with Crippen molar-refractivity contribution in [2.24, 2.45) is 4.99 Å². The number of aliphatic imine (C=N–C) groups is 1. The van der Waals surface area contributed by atoms with Crippen LogP contribution in [-0.4, -0.2) is 53.5 Å². The Morgan fingerprint density at radius 1 is 1.10 bits per heavy atom. The zero-order chi connectivity index (χ0) is 20.6. The molecule has 0 radical (unpaired) electrons. The van der Waals surface area contributed by atoms with Gasteiger partial charge in [0, 0.05) is 44.4 Å². The number of methoxy groups -OCH3 is 3. The van der Waals surface area contributed by atoms with E-state index in [9.17, 15) is 0 Å². The Morgan fingerprint density at radius 2 is 1.77 bits per heavy atom. The number of ether oxygens (including phenoxy) is 3. The Kier molecular flexibility index (Phi) is 9.83. The summed E-state index contributed by atoms with van der Waals surface area (Å²) in [4.78, 5) is 6.84. The maximum Gasteiger partial charge on any atom is 0.191 e. The third kappa shape index (κ3) is 6.07. The fraction of sp³-hybridized carbons (Fsp3) is 0.476. The van der Waals surface area contributed by atoms with Crippen LogP contribution in [-0.2, 0) is 6.54 Å². The molecule has 1 aromatic heterocycles. The average Bonchev–Trinajstić information content (AvgIpc) is 3.31. The molecule has 30 heavy (non-hydrogen) atoms. The number of thiophene rings is 1. The Labute approximate surface area is 199 Å². The van der Waals surface area contributed by atoms with Crippen LogP contribution in [0.1, 0.15) is 18.4 Å². The van der Waals surface area contributed by atoms with Crippen molar-refractivity contribution >= 4 is 46.3 Å². The Morgan fingerprint density at radius 3 is 2.33 bits per heavy atom. The molecular weight excluding hydrogens is 515 g/mol. The van der Waals surface area contributed by atoms with Crippen molar-refractivity contribution in [1.29, 1.82) is 0 Å². The van der Waals surface area contributed by atoms with E-state index >= 15 is 0 Å². The first kappa shape index (κ1) is 24.4. The molecule has 0 unspecified atom stereocenters. The van der Waals surface area contributed by atoms with Crippen LogP contribution in [0.15, 0.2) is 34.6 Å². The van der Waals surface area contributed by atoms with Gasteiger partial charge in [0.05, 0.1) is 26.3 Å². The molecule has 0 aliphatic carbocycles. The number of hydrogen-bond donors (Lipinski definition) is 2. The smallest absolute Gasteiger partial charge is 0.191 e. The predicted octanol–water partition coefficient (Wildman–Crippen LogP) is 3.73. The first-order valence-electron chi connectivity index (χ1n) is 9.73. The zero-order valence-corrected chi connectivity index (χ0v) is 21.1. The largest absolute Gasteiger partial charge is 0.496 e. The maximum atomic E-state index is 5.51. The molecule has 2 N–H and O–H groups in total. The van der Waals surface area contributed by atoms with Gasteiger partial charge < -0.3 is 29.7 Å². The lowest BCUT2D eigenvalue weighted by Crippen LogP contribution is -2.48. The molecule has 3 rings (SSSR count). The van der Waals surface area contributed by atoms with Gasteiger partial charge in [-0.3, -0.25) is 4.99 Å². The second-order valence-electron chi connectivity index (χ2n) is 6.80. The van der Waals surface area contributed by atoms with Gasteiger partial charge in [-0.15, -0.1) is 35.3 Å². The highest BCUT2D eigenvalue weighted by atomic mass is 127. The van der Waals surface area contributed by atoms with Gasteiger partial charge in [-0.1, -0.05) is 0 Å². The van der Waals surface area contributed by atoms with E-state index in [2.05, 4.69) is 38.0 Å². The van der Waals surface area contributed by atoms with Gasteiger partial charge in [0.15, 0.2) is 17.5 Å². The molecule has 0 atom stereocenters. The Balaban J connectivity index is 0.00000320. The van der Waals surface area contributed by atoms with Crippen LogP contribution in [0.3, 0.4) is 0 Å². The van der Waals surface area contributed by atoms with Crippen LogP contribution >= 0.6 is 35.3 Å². The van der Waals surface area contributed by atoms with E-state index in [0.29, 0.717) is 24.1 Å². The lowest BCUT2D eigenvalue weighted by atomic mass is 10.1. The number of rotatable bonds is 7. The number of benzene rings is 1. The normalized spacial score (nSPS) is 14.7. The second kappa shape index (κ2) is 12.1. The Hall–Kier alpha value is -1.88. The molecule has 9 heteroatoms. The lowest BCUT2D eigenvalue weighted by Gasteiger charge is -2.33. The summed E-state index contributed by atoms with van der Waals surface area (Å²) in [6.45, 7) is 2.68. The molecule has 1 fully saturated rings. The monoisotopic (exact) mass is 546 g/mol. The minimum absolute atomic E-state index is 0. The predicted molar refractivity (Wildman–Crippen MR) is 134 cm³/mol. The van der Waals surface area contributed by atoms with Gasteiger partial charge in [0.1, 0.15) is 5.75 Å². The number of halogens is 1. The molecule has 0 amide bonds. The molecule has 1 saturated heterocycles. The van der Waals surface area contributed by atoms with E-state index in [1.165, 1.54) is 5.00 Å². The van der Waals surface area contributed by atoms with E-state index in [1.54, 1.807) is 39.7 Å². The molecule has 0 spiro atoms. The number of anilines is 1. The summed E-state index contributed by atoms with van der Waals surface area (Å²) in [5.41, 5.74) is 0.973. The van der Waals surface area contributed by atoms with Crippen molar-refractivity contribution < 1.29 is 14.2 Å². The summed E-state index contributed by atoms with van der Waals surface area (Å²) in [7, 11) is 6.69. The van der Waals surface area contributed by atoms with Crippen LogP contribution in [0, 0.1) is 0 Å². The third-order valence-corrected chi connectivity index (χ3v) is 6.04. The molecule has 7 nitrogen and oxygen atoms in total. The minimum atomic E-state index is 0. The van der Waals surface area contributed by atoms with Crippen molar-refractivity contribution in [2.45, 2.75) is 25.4 Å². The lowest BCUT2D eigenvalue weighted by molar-refractivity contribution is 0.347. The van der Waals surface area contributed by atoms with E-state index < -0.39 is 0 Å². The highest BCUT2D eigenvalue weighted by Gasteiger charge is 2.21. The topological polar surface area (TPSA) is 67.4 Å². The number of guanidine groups is 1. The van der Waals surface area contributed by atoms with Gasteiger partial charge in [-0.2, -0.15) is 0 Å². The molecule has 2 aromatic rings. The SMILES string of the molecule is CN=C(NCc1cc(OC)c(OC)cc1OC)NC1CCN(c2cccs2)CC1.I. The highest BCUT2D eigenvalue weighted by molar-refractivity contribution is 14.0. The summed E-state index contributed by atoms with van der Waals surface area (Å²) in [5.74, 6) is 2.85. The summed E-state index contributed by atoms with van der Waals surface area (Å²) in [6, 6.07) is 8.47. The molecule has 0 bridgehead atoms. The zero-order valence-electron chi connectivity index (χ0n) is 17.9. The quantitative estimate of drug-likeness (QED) is 0.314. The van der Waals surface area contributed by atoms with E-state index in [0.717, 1.165) is 43.2 Å². The fourth-order valence-corrected chi connectivity index (χ4v) is 4.28. The fourth-order valence-electron chi connectivity index (χ4n) is 3.49. The molecule has 1 aromatic carbocycles. The van der Waals surface area contributed by atoms with Gasteiger partial charge >= 0.3 is 0 Å². The van der Waals surface area contributed by atoms with Crippen LogP contribution in [0.4, 0.5) is 5.00 Å². The number of piperidine rings is 1. The van der Waals surface area contributed by atoms with Crippen LogP contribution in [0.5, 0.6) is 17.2 Å². The van der Waals surface area contributed by atoms with Gasteiger partial charge in [0.25, 0.3) is 0 Å².